The monoisotopic (exact) mass is 739 g/mol. The summed E-state index contributed by atoms with van der Waals surface area (Å²) in [5, 5.41) is 9.60. The molecule has 2 unspecified atom stereocenters. The number of rotatable bonds is 39. The van der Waals surface area contributed by atoms with Crippen molar-refractivity contribution in [1.82, 2.24) is 0 Å². The van der Waals surface area contributed by atoms with Crippen LogP contribution in [-0.2, 0) is 28.6 Å². The highest BCUT2D eigenvalue weighted by molar-refractivity contribution is 5.72. The summed E-state index contributed by atoms with van der Waals surface area (Å²) in [6, 6.07) is -0.611. The summed E-state index contributed by atoms with van der Waals surface area (Å²) in [6.45, 7) is 4.73. The van der Waals surface area contributed by atoms with Gasteiger partial charge in [-0.15, -0.1) is 0 Å². The van der Waals surface area contributed by atoms with E-state index in [2.05, 4.69) is 26.0 Å². The average molecular weight is 739 g/mol. The normalized spacial score (nSPS) is 13.0. The van der Waals surface area contributed by atoms with Crippen molar-refractivity contribution in [2.24, 2.45) is 0 Å². The maximum atomic E-state index is 12.7. The highest BCUT2D eigenvalue weighted by atomic mass is 16.6. The molecule has 8 heteroatoms. The molecule has 0 aromatic heterocycles. The lowest BCUT2D eigenvalue weighted by Gasteiger charge is -2.31. The van der Waals surface area contributed by atoms with E-state index in [-0.39, 0.29) is 36.2 Å². The Morgan fingerprint density at radius 3 is 1.38 bits per heavy atom. The quantitative estimate of drug-likeness (QED) is 0.0290. The van der Waals surface area contributed by atoms with Crippen LogP contribution in [0.5, 0.6) is 0 Å². The minimum Gasteiger partial charge on any atom is -0.477 e. The second-order valence-electron chi connectivity index (χ2n) is 16.0. The number of hydrogen-bond donors (Lipinski definition) is 1. The highest BCUT2D eigenvalue weighted by Crippen LogP contribution is 2.15. The molecule has 2 atom stereocenters. The summed E-state index contributed by atoms with van der Waals surface area (Å²) in [5.74, 6) is -1.47. The van der Waals surface area contributed by atoms with Gasteiger partial charge in [0.2, 0.25) is 0 Å². The Bertz CT molecular complexity index is 869. The predicted octanol–water partition coefficient (Wildman–Crippen LogP) is 11.5. The van der Waals surface area contributed by atoms with Crippen LogP contribution in [0.3, 0.4) is 0 Å². The van der Waals surface area contributed by atoms with Crippen molar-refractivity contribution in [1.29, 1.82) is 0 Å². The van der Waals surface area contributed by atoms with Crippen LogP contribution >= 0.6 is 0 Å². The van der Waals surface area contributed by atoms with Crippen LogP contribution in [0.1, 0.15) is 200 Å². The van der Waals surface area contributed by atoms with Gasteiger partial charge in [-0.05, 0) is 38.5 Å². The van der Waals surface area contributed by atoms with Crippen LogP contribution in [0, 0.1) is 0 Å². The van der Waals surface area contributed by atoms with Gasteiger partial charge in [0.15, 0.2) is 12.1 Å². The van der Waals surface area contributed by atoms with Gasteiger partial charge in [-0.1, -0.05) is 154 Å². The number of carbonyl (C=O) groups is 3. The standard InChI is InChI=1S/C44H83NO7/c1-6-8-10-12-14-16-18-20-22-24-26-28-30-32-34-42(46)51-39-40(38-50-37-36-41(44(48)49)45(3,4)5)52-43(47)35-33-31-29-27-25-23-21-19-17-15-13-11-9-7-2/h19,21,40-41H,6-18,20,22-39H2,1-5H3/p+1/b21-19-. The molecule has 0 radical (unpaired) electrons. The fourth-order valence-electron chi connectivity index (χ4n) is 6.50. The van der Waals surface area contributed by atoms with E-state index in [0.29, 0.717) is 19.3 Å². The summed E-state index contributed by atoms with van der Waals surface area (Å²) in [5.41, 5.74) is 0. The molecule has 0 saturated heterocycles. The van der Waals surface area contributed by atoms with E-state index >= 15 is 0 Å². The number of unbranched alkanes of at least 4 members (excludes halogenated alkanes) is 23. The number of carboxylic acids is 1. The van der Waals surface area contributed by atoms with Crippen molar-refractivity contribution in [2.45, 2.75) is 212 Å². The number of esters is 2. The van der Waals surface area contributed by atoms with Crippen molar-refractivity contribution in [3.05, 3.63) is 12.2 Å². The van der Waals surface area contributed by atoms with E-state index in [1.54, 1.807) is 0 Å². The van der Waals surface area contributed by atoms with Gasteiger partial charge < -0.3 is 23.8 Å². The van der Waals surface area contributed by atoms with Gasteiger partial charge in [-0.3, -0.25) is 9.59 Å². The van der Waals surface area contributed by atoms with Gasteiger partial charge in [-0.2, -0.15) is 0 Å². The molecule has 0 aliphatic rings. The summed E-state index contributed by atoms with van der Waals surface area (Å²) < 4.78 is 17.3. The maximum absolute atomic E-state index is 12.7. The number of likely N-dealkylation sites (N-methyl/N-ethyl adjacent to an activating group) is 1. The summed E-state index contributed by atoms with van der Waals surface area (Å²) in [7, 11) is 5.53. The van der Waals surface area contributed by atoms with E-state index in [0.717, 1.165) is 51.4 Å². The van der Waals surface area contributed by atoms with Crippen molar-refractivity contribution in [3.8, 4) is 0 Å². The molecule has 0 amide bonds. The first kappa shape index (κ1) is 50.1. The first-order valence-corrected chi connectivity index (χ1v) is 21.7. The third-order valence-electron chi connectivity index (χ3n) is 9.91. The molecule has 0 aromatic rings. The van der Waals surface area contributed by atoms with Crippen LogP contribution in [-0.4, -0.2) is 80.6 Å². The summed E-state index contributed by atoms with van der Waals surface area (Å²) in [6.07, 6.45) is 36.7. The zero-order chi connectivity index (χ0) is 38.5. The number of nitrogens with zero attached hydrogens (tertiary/aromatic N) is 1. The number of hydrogen-bond acceptors (Lipinski definition) is 6. The molecule has 0 heterocycles. The SMILES string of the molecule is CCCCCCC/C=C\CCCCCCCC(=O)OC(COCCC(C(=O)O)[N+](C)(C)C)COC(=O)CCCCCCCCCCCCCCCC. The van der Waals surface area contributed by atoms with E-state index in [9.17, 15) is 19.5 Å². The first-order valence-electron chi connectivity index (χ1n) is 21.7. The van der Waals surface area contributed by atoms with Crippen LogP contribution in [0.2, 0.25) is 0 Å². The second-order valence-corrected chi connectivity index (χ2v) is 16.0. The van der Waals surface area contributed by atoms with Crippen LogP contribution in [0.15, 0.2) is 12.2 Å². The molecule has 0 aromatic carbocycles. The minimum absolute atomic E-state index is 0.0485. The van der Waals surface area contributed by atoms with Crippen molar-refractivity contribution in [3.63, 3.8) is 0 Å². The number of aliphatic carboxylic acids is 1. The van der Waals surface area contributed by atoms with Crippen molar-refractivity contribution < 1.29 is 38.2 Å². The van der Waals surface area contributed by atoms with Gasteiger partial charge in [0, 0.05) is 19.3 Å². The van der Waals surface area contributed by atoms with Crippen LogP contribution < -0.4 is 0 Å². The number of carboxylic acid groups (broad SMARTS) is 1. The predicted molar refractivity (Wildman–Crippen MR) is 215 cm³/mol. The van der Waals surface area contributed by atoms with Gasteiger partial charge in [0.1, 0.15) is 6.61 Å². The van der Waals surface area contributed by atoms with Crippen LogP contribution in [0.4, 0.5) is 0 Å². The smallest absolute Gasteiger partial charge is 0.362 e. The third-order valence-corrected chi connectivity index (χ3v) is 9.91. The zero-order valence-electron chi connectivity index (χ0n) is 34.8. The fraction of sp³-hybridized carbons (Fsp3) is 0.886. The average Bonchev–Trinajstić information content (AvgIpc) is 3.09. The van der Waals surface area contributed by atoms with E-state index in [1.165, 1.54) is 116 Å². The number of allylic oxidation sites excluding steroid dienone is 2. The molecule has 8 nitrogen and oxygen atoms in total. The fourth-order valence-corrected chi connectivity index (χ4v) is 6.50. The number of ether oxygens (including phenoxy) is 3. The lowest BCUT2D eigenvalue weighted by molar-refractivity contribution is -0.887. The van der Waals surface area contributed by atoms with Crippen molar-refractivity contribution >= 4 is 17.9 Å². The molecule has 0 aliphatic carbocycles. The van der Waals surface area contributed by atoms with E-state index < -0.39 is 18.1 Å². The second kappa shape index (κ2) is 36.1. The van der Waals surface area contributed by atoms with Gasteiger partial charge >= 0.3 is 17.9 Å². The Hall–Kier alpha value is -1.93. The molecule has 0 aliphatic heterocycles. The molecule has 1 N–H and O–H groups in total. The van der Waals surface area contributed by atoms with Gasteiger partial charge in [0.05, 0.1) is 34.4 Å². The molecule has 0 fully saturated rings. The molecule has 306 valence electrons. The lowest BCUT2D eigenvalue weighted by atomic mass is 10.0. The van der Waals surface area contributed by atoms with Crippen LogP contribution in [0.25, 0.3) is 0 Å². The minimum atomic E-state index is -0.874. The molecular formula is C44H84NO7+. The van der Waals surface area contributed by atoms with Crippen molar-refractivity contribution in [2.75, 3.05) is 41.0 Å². The summed E-state index contributed by atoms with van der Waals surface area (Å²) >= 11 is 0. The Balaban J connectivity index is 4.35. The molecule has 52 heavy (non-hydrogen) atoms. The maximum Gasteiger partial charge on any atom is 0.362 e. The summed E-state index contributed by atoms with van der Waals surface area (Å²) in [4.78, 5) is 36.9. The zero-order valence-corrected chi connectivity index (χ0v) is 34.8. The molecular weight excluding hydrogens is 654 g/mol. The first-order chi connectivity index (χ1) is 25.1. The third kappa shape index (κ3) is 33.9. The number of carbonyl (C=O) groups excluding carboxylic acids is 2. The van der Waals surface area contributed by atoms with Gasteiger partial charge in [-0.25, -0.2) is 4.79 Å². The molecule has 0 bridgehead atoms. The Morgan fingerprint density at radius 2 is 0.962 bits per heavy atom. The highest BCUT2D eigenvalue weighted by Gasteiger charge is 2.31. The lowest BCUT2D eigenvalue weighted by Crippen LogP contribution is -2.50. The largest absolute Gasteiger partial charge is 0.477 e. The van der Waals surface area contributed by atoms with Gasteiger partial charge in [0.25, 0.3) is 0 Å². The topological polar surface area (TPSA) is 99.1 Å². The molecule has 0 saturated carbocycles. The number of quaternary nitrogens is 1. The van der Waals surface area contributed by atoms with E-state index in [4.69, 9.17) is 14.2 Å². The van der Waals surface area contributed by atoms with E-state index in [1.807, 2.05) is 21.1 Å². The molecule has 0 rings (SSSR count). The Kier molecular flexibility index (Phi) is 34.7. The Morgan fingerprint density at radius 1 is 0.558 bits per heavy atom. The molecule has 0 spiro atoms. The Labute approximate surface area is 320 Å².